The van der Waals surface area contributed by atoms with E-state index in [2.05, 4.69) is 61.8 Å². The predicted octanol–water partition coefficient (Wildman–Crippen LogP) is 4.54. The van der Waals surface area contributed by atoms with E-state index in [4.69, 9.17) is 17.3 Å². The number of primary amides is 1. The molecule has 0 radical (unpaired) electrons. The third-order valence-corrected chi connectivity index (χ3v) is 5.90. The largest absolute Gasteiger partial charge is 0.351 e. The number of anilines is 1. The summed E-state index contributed by atoms with van der Waals surface area (Å²) < 4.78 is 0. The van der Waals surface area contributed by atoms with Gasteiger partial charge in [0.2, 0.25) is 0 Å². The molecule has 3 rings (SSSR count). The molecule has 2 heterocycles. The van der Waals surface area contributed by atoms with Crippen molar-refractivity contribution in [2.45, 2.75) is 51.6 Å². The first-order valence-corrected chi connectivity index (χ1v) is 9.97. The molecule has 1 aromatic carbocycles. The highest BCUT2D eigenvalue weighted by molar-refractivity contribution is 6.32. The smallest absolute Gasteiger partial charge is 0.315 e. The lowest BCUT2D eigenvalue weighted by Gasteiger charge is -2.52. The van der Waals surface area contributed by atoms with Gasteiger partial charge >= 0.3 is 6.03 Å². The van der Waals surface area contributed by atoms with Crippen LogP contribution in [-0.2, 0) is 11.0 Å². The van der Waals surface area contributed by atoms with Crippen LogP contribution in [0.2, 0.25) is 5.02 Å². The molecule has 0 aliphatic carbocycles. The maximum absolute atomic E-state index is 12.4. The summed E-state index contributed by atoms with van der Waals surface area (Å²) in [6, 6.07) is 11.6. The highest BCUT2D eigenvalue weighted by atomic mass is 35.5. The number of hydrogen-bond acceptors (Lipinski definition) is 3. The van der Waals surface area contributed by atoms with Crippen molar-refractivity contribution >= 4 is 23.4 Å². The lowest BCUT2D eigenvalue weighted by atomic mass is 9.82. The molecule has 2 aromatic rings. The molecular formula is C22H29ClN4O. The van der Waals surface area contributed by atoms with E-state index >= 15 is 0 Å². The van der Waals surface area contributed by atoms with Crippen molar-refractivity contribution in [1.82, 2.24) is 9.88 Å². The van der Waals surface area contributed by atoms with Crippen LogP contribution in [0, 0.1) is 0 Å². The summed E-state index contributed by atoms with van der Waals surface area (Å²) in [5.41, 5.74) is 7.57. The number of rotatable bonds is 2. The molecule has 5 nitrogen and oxygen atoms in total. The molecular weight excluding hydrogens is 372 g/mol. The van der Waals surface area contributed by atoms with E-state index in [0.29, 0.717) is 18.1 Å². The number of carbonyl (C=O) groups is 1. The summed E-state index contributed by atoms with van der Waals surface area (Å²) in [7, 11) is 0. The van der Waals surface area contributed by atoms with Gasteiger partial charge in [-0.25, -0.2) is 9.78 Å². The quantitative estimate of drug-likeness (QED) is 0.805. The number of carbonyl (C=O) groups excluding carboxylic acids is 1. The average molecular weight is 401 g/mol. The average Bonchev–Trinajstić information content (AvgIpc) is 2.60. The molecule has 1 aliphatic rings. The molecule has 0 bridgehead atoms. The lowest BCUT2D eigenvalue weighted by Crippen LogP contribution is -2.65. The van der Waals surface area contributed by atoms with E-state index in [-0.39, 0.29) is 11.5 Å². The van der Waals surface area contributed by atoms with Gasteiger partial charge in [-0.3, -0.25) is 0 Å². The number of hydrogen-bond donors (Lipinski definition) is 1. The summed E-state index contributed by atoms with van der Waals surface area (Å²) in [6.45, 7) is 11.8. The summed E-state index contributed by atoms with van der Waals surface area (Å²) in [5, 5.41) is 0.604. The van der Waals surface area contributed by atoms with E-state index in [0.717, 1.165) is 11.4 Å². The fourth-order valence-corrected chi connectivity index (χ4v) is 4.43. The molecule has 2 amide bonds. The van der Waals surface area contributed by atoms with E-state index in [1.807, 2.05) is 19.1 Å². The Labute approximate surface area is 172 Å². The van der Waals surface area contributed by atoms with Gasteiger partial charge < -0.3 is 15.5 Å². The molecule has 1 saturated heterocycles. The molecule has 150 valence electrons. The van der Waals surface area contributed by atoms with Gasteiger partial charge in [-0.15, -0.1) is 0 Å². The van der Waals surface area contributed by atoms with Crippen LogP contribution in [0.25, 0.3) is 0 Å². The van der Waals surface area contributed by atoms with Crippen LogP contribution >= 0.6 is 11.6 Å². The van der Waals surface area contributed by atoms with Gasteiger partial charge in [0, 0.05) is 25.3 Å². The van der Waals surface area contributed by atoms with Crippen molar-refractivity contribution in [2.75, 3.05) is 18.0 Å². The van der Waals surface area contributed by atoms with Crippen LogP contribution in [0.5, 0.6) is 0 Å². The molecule has 2 unspecified atom stereocenters. The van der Waals surface area contributed by atoms with Crippen molar-refractivity contribution < 1.29 is 4.79 Å². The van der Waals surface area contributed by atoms with E-state index in [9.17, 15) is 4.79 Å². The number of amides is 2. The highest BCUT2D eigenvalue weighted by Gasteiger charge is 2.45. The fourth-order valence-electron chi connectivity index (χ4n) is 4.19. The molecule has 2 N–H and O–H groups in total. The molecule has 1 aromatic heterocycles. The topological polar surface area (TPSA) is 62.5 Å². The second-order valence-corrected chi connectivity index (χ2v) is 9.26. The number of nitrogens with two attached hydrogens (primary N) is 1. The van der Waals surface area contributed by atoms with Gasteiger partial charge in [-0.05, 0) is 42.5 Å². The van der Waals surface area contributed by atoms with Gasteiger partial charge in [0.1, 0.15) is 5.82 Å². The monoisotopic (exact) mass is 400 g/mol. The van der Waals surface area contributed by atoms with Crippen molar-refractivity contribution in [2.24, 2.45) is 5.73 Å². The van der Waals surface area contributed by atoms with Crippen LogP contribution in [-0.4, -0.2) is 35.0 Å². The third-order valence-electron chi connectivity index (χ3n) is 5.60. The number of piperazine rings is 1. The second kappa shape index (κ2) is 7.28. The van der Waals surface area contributed by atoms with Gasteiger partial charge in [0.25, 0.3) is 0 Å². The van der Waals surface area contributed by atoms with Gasteiger partial charge in [0.05, 0.1) is 10.6 Å². The first kappa shape index (κ1) is 20.5. The zero-order chi connectivity index (χ0) is 20.7. The molecule has 2 atom stereocenters. The Balaban J connectivity index is 2.05. The van der Waals surface area contributed by atoms with Crippen molar-refractivity contribution in [1.29, 1.82) is 0 Å². The Bertz CT molecular complexity index is 862. The molecule has 1 fully saturated rings. The molecule has 28 heavy (non-hydrogen) atoms. The predicted molar refractivity (Wildman–Crippen MR) is 115 cm³/mol. The van der Waals surface area contributed by atoms with Crippen LogP contribution in [0.3, 0.4) is 0 Å². The Morgan fingerprint density at radius 3 is 2.43 bits per heavy atom. The minimum absolute atomic E-state index is 0.0657. The maximum Gasteiger partial charge on any atom is 0.315 e. The SMILES string of the molecule is CC1CN(c2ncccc2Cl)CC(C)(c2ccc(C(C)(C)C)cc2)N1C(N)=O. The number of nitrogens with zero attached hydrogens (tertiary/aromatic N) is 3. The Kier molecular flexibility index (Phi) is 5.32. The lowest BCUT2D eigenvalue weighted by molar-refractivity contribution is 0.0809. The number of pyridine rings is 1. The minimum Gasteiger partial charge on any atom is -0.351 e. The number of aromatic nitrogens is 1. The molecule has 0 saturated carbocycles. The molecule has 1 aliphatic heterocycles. The zero-order valence-corrected chi connectivity index (χ0v) is 18.0. The Morgan fingerprint density at radius 2 is 1.89 bits per heavy atom. The minimum atomic E-state index is -0.596. The van der Waals surface area contributed by atoms with E-state index in [1.165, 1.54) is 5.56 Å². The first-order chi connectivity index (χ1) is 13.0. The first-order valence-electron chi connectivity index (χ1n) is 9.59. The second-order valence-electron chi connectivity index (χ2n) is 8.85. The van der Waals surface area contributed by atoms with Gasteiger partial charge in [0.15, 0.2) is 0 Å². The summed E-state index contributed by atoms with van der Waals surface area (Å²) in [4.78, 5) is 20.8. The fraction of sp³-hybridized carbons (Fsp3) is 0.455. The maximum atomic E-state index is 12.4. The summed E-state index contributed by atoms with van der Waals surface area (Å²) in [5.74, 6) is 0.734. The summed E-state index contributed by atoms with van der Waals surface area (Å²) in [6.07, 6.45) is 1.74. The Morgan fingerprint density at radius 1 is 1.25 bits per heavy atom. The highest BCUT2D eigenvalue weighted by Crippen LogP contribution is 2.38. The van der Waals surface area contributed by atoms with E-state index in [1.54, 1.807) is 11.1 Å². The van der Waals surface area contributed by atoms with Crippen LogP contribution in [0.4, 0.5) is 10.6 Å². The normalized spacial score (nSPS) is 23.0. The zero-order valence-electron chi connectivity index (χ0n) is 17.2. The molecule has 0 spiro atoms. The van der Waals surface area contributed by atoms with E-state index < -0.39 is 11.6 Å². The number of benzene rings is 1. The van der Waals surface area contributed by atoms with Crippen molar-refractivity contribution in [3.8, 4) is 0 Å². The standard InChI is InChI=1S/C22H29ClN4O/c1-15-13-26(19-18(23)7-6-12-25-19)14-22(5,27(15)20(24)28)17-10-8-16(9-11-17)21(2,3)4/h6-12,15H,13-14H2,1-5H3,(H2,24,28). The number of halogens is 1. The van der Waals surface area contributed by atoms with Crippen molar-refractivity contribution in [3.63, 3.8) is 0 Å². The van der Waals surface area contributed by atoms with Crippen molar-refractivity contribution in [3.05, 3.63) is 58.7 Å². The van der Waals surface area contributed by atoms with Gasteiger partial charge in [-0.2, -0.15) is 0 Å². The van der Waals surface area contributed by atoms with Crippen LogP contribution < -0.4 is 10.6 Å². The Hall–Kier alpha value is -2.27. The summed E-state index contributed by atoms with van der Waals surface area (Å²) >= 11 is 6.40. The van der Waals surface area contributed by atoms with Crippen LogP contribution in [0.1, 0.15) is 45.7 Å². The van der Waals surface area contributed by atoms with Crippen LogP contribution in [0.15, 0.2) is 42.6 Å². The van der Waals surface area contributed by atoms with Gasteiger partial charge in [-0.1, -0.05) is 56.6 Å². The number of urea groups is 1. The molecule has 6 heteroatoms. The third kappa shape index (κ3) is 3.68.